The molecule has 2 amide bonds. The number of aliphatic hydroxyl groups excluding tert-OH is 1. The number of likely N-dealkylation sites (tertiary alicyclic amines) is 1. The van der Waals surface area contributed by atoms with Gasteiger partial charge in [-0.1, -0.05) is 40.2 Å². The van der Waals surface area contributed by atoms with Gasteiger partial charge in [0.05, 0.1) is 23.6 Å². The molecule has 0 bridgehead atoms. The first-order valence-electron chi connectivity index (χ1n) is 11.6. The number of benzene rings is 3. The first-order chi connectivity index (χ1) is 17.4. The van der Waals surface area contributed by atoms with Gasteiger partial charge in [-0.05, 0) is 66.4 Å². The number of nitrogens with zero attached hydrogens (tertiary/aromatic N) is 2. The monoisotopic (exact) mass is 552 g/mol. The highest BCUT2D eigenvalue weighted by molar-refractivity contribution is 9.10. The largest absolute Gasteiger partial charge is 0.393 e. The Labute approximate surface area is 217 Å². The molecule has 9 heteroatoms. The van der Waals surface area contributed by atoms with E-state index in [1.165, 1.54) is 18.3 Å². The molecule has 186 valence electrons. The minimum atomic E-state index is -0.527. The third-order valence-electron chi connectivity index (χ3n) is 5.88. The second-order valence-corrected chi connectivity index (χ2v) is 9.52. The number of nitrogens with one attached hydrogen (secondary N) is 2. The molecule has 1 heterocycles. The van der Waals surface area contributed by atoms with Gasteiger partial charge in [0, 0.05) is 29.7 Å². The van der Waals surface area contributed by atoms with Crippen LogP contribution in [0, 0.1) is 5.82 Å². The smallest absolute Gasteiger partial charge is 0.273 e. The zero-order valence-corrected chi connectivity index (χ0v) is 21.0. The third-order valence-corrected chi connectivity index (χ3v) is 6.38. The van der Waals surface area contributed by atoms with Gasteiger partial charge in [0.15, 0.2) is 0 Å². The highest BCUT2D eigenvalue weighted by Gasteiger charge is 2.18. The average molecular weight is 553 g/mol. The number of carbonyl (C=O) groups is 2. The Morgan fingerprint density at radius 3 is 2.53 bits per heavy atom. The highest BCUT2D eigenvalue weighted by Crippen LogP contribution is 2.22. The minimum Gasteiger partial charge on any atom is -0.393 e. The van der Waals surface area contributed by atoms with E-state index in [2.05, 4.69) is 36.7 Å². The van der Waals surface area contributed by atoms with Crippen molar-refractivity contribution in [2.75, 3.05) is 18.4 Å². The average Bonchev–Trinajstić information content (AvgIpc) is 2.87. The molecule has 7 nitrogen and oxygen atoms in total. The van der Waals surface area contributed by atoms with Crippen molar-refractivity contribution in [2.24, 2.45) is 5.10 Å². The molecule has 0 aromatic heterocycles. The van der Waals surface area contributed by atoms with Crippen LogP contribution in [0.4, 0.5) is 10.1 Å². The summed E-state index contributed by atoms with van der Waals surface area (Å²) in [5.41, 5.74) is 5.01. The molecule has 3 aromatic carbocycles. The molecule has 0 atom stereocenters. The number of amides is 2. The van der Waals surface area contributed by atoms with Crippen molar-refractivity contribution >= 4 is 39.6 Å². The van der Waals surface area contributed by atoms with E-state index in [-0.39, 0.29) is 17.6 Å². The van der Waals surface area contributed by atoms with E-state index in [1.807, 2.05) is 12.1 Å². The number of anilines is 1. The van der Waals surface area contributed by atoms with Crippen LogP contribution < -0.4 is 10.7 Å². The first-order valence-corrected chi connectivity index (χ1v) is 12.4. The second kappa shape index (κ2) is 12.0. The van der Waals surface area contributed by atoms with E-state index < -0.39 is 11.7 Å². The van der Waals surface area contributed by atoms with Gasteiger partial charge < -0.3 is 10.4 Å². The number of hydrazone groups is 1. The second-order valence-electron chi connectivity index (χ2n) is 8.60. The number of hydrogen-bond acceptors (Lipinski definition) is 5. The van der Waals surface area contributed by atoms with Crippen LogP contribution in [-0.4, -0.2) is 47.2 Å². The molecular weight excluding hydrogens is 527 g/mol. The standard InChI is InChI=1S/C27H26BrFN4O3/c28-21-8-9-25(24(15-21)27(36)32-30-16-19-2-1-3-22(29)14-19)31-26(35)20-6-4-18(5-7-20)17-33-12-10-23(34)11-13-33/h1-9,14-16,23,34H,10-13,17H2,(H,31,35)(H,32,36)/b30-16+. The molecule has 1 fully saturated rings. The lowest BCUT2D eigenvalue weighted by atomic mass is 10.1. The van der Waals surface area contributed by atoms with E-state index in [0.29, 0.717) is 21.3 Å². The summed E-state index contributed by atoms with van der Waals surface area (Å²) in [4.78, 5) is 27.9. The van der Waals surface area contributed by atoms with Gasteiger partial charge in [0.25, 0.3) is 11.8 Å². The highest BCUT2D eigenvalue weighted by atomic mass is 79.9. The van der Waals surface area contributed by atoms with Gasteiger partial charge in [0.1, 0.15) is 5.82 Å². The summed E-state index contributed by atoms with van der Waals surface area (Å²) >= 11 is 3.35. The molecule has 0 saturated carbocycles. The molecule has 0 aliphatic carbocycles. The summed E-state index contributed by atoms with van der Waals surface area (Å²) in [6, 6.07) is 18.1. The number of rotatable bonds is 7. The maximum Gasteiger partial charge on any atom is 0.273 e. The van der Waals surface area contributed by atoms with Crippen molar-refractivity contribution < 1.29 is 19.1 Å². The predicted octanol–water partition coefficient (Wildman–Crippen LogP) is 4.56. The van der Waals surface area contributed by atoms with E-state index in [9.17, 15) is 19.1 Å². The van der Waals surface area contributed by atoms with Crippen molar-refractivity contribution in [1.82, 2.24) is 10.3 Å². The first kappa shape index (κ1) is 25.7. The summed E-state index contributed by atoms with van der Waals surface area (Å²) in [5.74, 6) is -1.27. The summed E-state index contributed by atoms with van der Waals surface area (Å²) in [5, 5.41) is 16.3. The lowest BCUT2D eigenvalue weighted by molar-refractivity contribution is 0.0792. The molecular formula is C27H26BrFN4O3. The van der Waals surface area contributed by atoms with Crippen LogP contribution in [0.25, 0.3) is 0 Å². The number of halogens is 2. The van der Waals surface area contributed by atoms with Crippen molar-refractivity contribution in [3.05, 3.63) is 99.3 Å². The topological polar surface area (TPSA) is 94.0 Å². The van der Waals surface area contributed by atoms with E-state index in [0.717, 1.165) is 38.0 Å². The van der Waals surface area contributed by atoms with Crippen molar-refractivity contribution in [2.45, 2.75) is 25.5 Å². The van der Waals surface area contributed by atoms with Crippen LogP contribution in [0.2, 0.25) is 0 Å². The van der Waals surface area contributed by atoms with E-state index in [4.69, 9.17) is 0 Å². The Kier molecular flexibility index (Phi) is 8.58. The fourth-order valence-electron chi connectivity index (χ4n) is 3.92. The van der Waals surface area contributed by atoms with Crippen molar-refractivity contribution in [3.63, 3.8) is 0 Å². The molecule has 36 heavy (non-hydrogen) atoms. The number of aliphatic hydroxyl groups is 1. The Balaban J connectivity index is 1.40. The Morgan fingerprint density at radius 2 is 1.81 bits per heavy atom. The molecule has 1 saturated heterocycles. The summed E-state index contributed by atoms with van der Waals surface area (Å²) in [7, 11) is 0. The number of piperidine rings is 1. The molecule has 1 aliphatic rings. The fourth-order valence-corrected chi connectivity index (χ4v) is 4.28. The Bertz CT molecular complexity index is 1260. The zero-order chi connectivity index (χ0) is 25.5. The zero-order valence-electron chi connectivity index (χ0n) is 19.5. The maximum atomic E-state index is 13.3. The van der Waals surface area contributed by atoms with Gasteiger partial charge >= 0.3 is 0 Å². The fraction of sp³-hybridized carbons (Fsp3) is 0.222. The van der Waals surface area contributed by atoms with Crippen molar-refractivity contribution in [3.8, 4) is 0 Å². The quantitative estimate of drug-likeness (QED) is 0.296. The number of hydrogen-bond donors (Lipinski definition) is 3. The molecule has 0 radical (unpaired) electrons. The minimum absolute atomic E-state index is 0.210. The Morgan fingerprint density at radius 1 is 1.06 bits per heavy atom. The third kappa shape index (κ3) is 7.07. The van der Waals surface area contributed by atoms with Crippen LogP contribution in [-0.2, 0) is 6.54 Å². The lowest BCUT2D eigenvalue weighted by Gasteiger charge is -2.29. The van der Waals surface area contributed by atoms with Crippen LogP contribution in [0.5, 0.6) is 0 Å². The normalized spacial score (nSPS) is 14.6. The summed E-state index contributed by atoms with van der Waals surface area (Å²) < 4.78 is 14.0. The SMILES string of the molecule is O=C(Nc1ccc(Br)cc1C(=O)N/N=C/c1cccc(F)c1)c1ccc(CN2CCC(O)CC2)cc1. The van der Waals surface area contributed by atoms with Gasteiger partial charge in [-0.2, -0.15) is 5.10 Å². The van der Waals surface area contributed by atoms with E-state index >= 15 is 0 Å². The van der Waals surface area contributed by atoms with Crippen LogP contribution in [0.3, 0.4) is 0 Å². The van der Waals surface area contributed by atoms with Crippen molar-refractivity contribution in [1.29, 1.82) is 0 Å². The van der Waals surface area contributed by atoms with Gasteiger partial charge in [-0.15, -0.1) is 0 Å². The van der Waals surface area contributed by atoms with Gasteiger partial charge in [-0.3, -0.25) is 14.5 Å². The lowest BCUT2D eigenvalue weighted by Crippen LogP contribution is -2.35. The number of carbonyl (C=O) groups excluding carboxylic acids is 2. The molecule has 0 unspecified atom stereocenters. The van der Waals surface area contributed by atoms with Gasteiger partial charge in [0.2, 0.25) is 0 Å². The molecule has 4 rings (SSSR count). The van der Waals surface area contributed by atoms with Crippen LogP contribution in [0.1, 0.15) is 44.7 Å². The van der Waals surface area contributed by atoms with Crippen LogP contribution in [0.15, 0.2) is 76.3 Å². The maximum absolute atomic E-state index is 13.3. The summed E-state index contributed by atoms with van der Waals surface area (Å²) in [6.45, 7) is 2.47. The predicted molar refractivity (Wildman–Crippen MR) is 141 cm³/mol. The Hall–Kier alpha value is -3.40. The van der Waals surface area contributed by atoms with Gasteiger partial charge in [-0.25, -0.2) is 9.82 Å². The molecule has 0 spiro atoms. The summed E-state index contributed by atoms with van der Waals surface area (Å²) in [6.07, 6.45) is 2.68. The molecule has 1 aliphatic heterocycles. The van der Waals surface area contributed by atoms with E-state index in [1.54, 1.807) is 42.5 Å². The molecule has 3 N–H and O–H groups in total. The molecule has 3 aromatic rings. The van der Waals surface area contributed by atoms with Crippen LogP contribution >= 0.6 is 15.9 Å².